The first-order valence-corrected chi connectivity index (χ1v) is 10.7. The summed E-state index contributed by atoms with van der Waals surface area (Å²) in [5, 5.41) is 45.0. The molecule has 2 aromatic heterocycles. The van der Waals surface area contributed by atoms with Gasteiger partial charge in [0.05, 0.1) is 19.0 Å². The molecule has 3 rings (SSSR count). The Morgan fingerprint density at radius 2 is 2.03 bits per heavy atom. The average molecular weight is 472 g/mol. The molecule has 14 heteroatoms. The summed E-state index contributed by atoms with van der Waals surface area (Å²) in [6.07, 6.45) is -2.55. The van der Waals surface area contributed by atoms with E-state index in [4.69, 9.17) is 10.5 Å². The molecular formula is C18H29N7O6S. The standard InChI is InChI=1S/C18H29N7O6S/c1-8(27)10(19)15(30)20-4-2-3-5-21-18-23-14-11(16(32)24-18)22-7-25(14)17-13(29)12(28)9(6-26)31-17/h7-10,12-13,17,26-29H,2-6,19H2,1H3,(H,20,30)(H2,21,23,24,32)/t8?,9-,10?,12?,13+,17-/m1/s1. The summed E-state index contributed by atoms with van der Waals surface area (Å²) in [6, 6.07) is -0.956. The van der Waals surface area contributed by atoms with Crippen molar-refractivity contribution < 1.29 is 30.0 Å². The van der Waals surface area contributed by atoms with Crippen LogP contribution in [0, 0.1) is 0 Å². The third kappa shape index (κ3) is 5.28. The number of aliphatic hydroxyl groups excluding tert-OH is 4. The lowest BCUT2D eigenvalue weighted by Crippen LogP contribution is -2.47. The minimum absolute atomic E-state index is 0.288. The number of aromatic nitrogens is 4. The van der Waals surface area contributed by atoms with Crippen LogP contribution in [-0.4, -0.2) is 96.0 Å². The highest BCUT2D eigenvalue weighted by molar-refractivity contribution is 7.80. The normalized spacial score (nSPS) is 25.1. The fourth-order valence-electron chi connectivity index (χ4n) is 3.28. The third-order valence-corrected chi connectivity index (χ3v) is 5.51. The Hall–Kier alpha value is -2.07. The maximum absolute atomic E-state index is 11.7. The molecule has 13 nitrogen and oxygen atoms in total. The van der Waals surface area contributed by atoms with E-state index in [-0.39, 0.29) is 5.95 Å². The summed E-state index contributed by atoms with van der Waals surface area (Å²) >= 11 is 4.35. The molecular weight excluding hydrogens is 442 g/mol. The minimum Gasteiger partial charge on any atom is -0.394 e. The van der Waals surface area contributed by atoms with E-state index in [0.717, 1.165) is 0 Å². The number of ether oxygens (including phenoxy) is 1. The highest BCUT2D eigenvalue weighted by Crippen LogP contribution is 2.32. The Bertz CT molecular complexity index is 929. The fourth-order valence-corrected chi connectivity index (χ4v) is 3.53. The number of hydrogen-bond acceptors (Lipinski definition) is 12. The van der Waals surface area contributed by atoms with Gasteiger partial charge in [0.1, 0.15) is 34.9 Å². The van der Waals surface area contributed by atoms with Gasteiger partial charge in [-0.3, -0.25) is 9.36 Å². The quantitative estimate of drug-likeness (QED) is 0.106. The van der Waals surface area contributed by atoms with Gasteiger partial charge < -0.3 is 41.5 Å². The van der Waals surface area contributed by atoms with E-state index in [1.807, 2.05) is 0 Å². The smallest absolute Gasteiger partial charge is 0.239 e. The lowest BCUT2D eigenvalue weighted by atomic mass is 10.1. The summed E-state index contributed by atoms with van der Waals surface area (Å²) in [6.45, 7) is 1.95. The van der Waals surface area contributed by atoms with E-state index in [2.05, 4.69) is 38.2 Å². The van der Waals surface area contributed by atoms with Crippen LogP contribution in [0.3, 0.4) is 0 Å². The summed E-state index contributed by atoms with van der Waals surface area (Å²) in [7, 11) is 0. The predicted molar refractivity (Wildman–Crippen MR) is 116 cm³/mol. The van der Waals surface area contributed by atoms with Crippen molar-refractivity contribution in [3.63, 3.8) is 0 Å². The topological polar surface area (TPSA) is 201 Å². The highest BCUT2D eigenvalue weighted by Gasteiger charge is 2.44. The van der Waals surface area contributed by atoms with Gasteiger partial charge in [-0.1, -0.05) is 0 Å². The van der Waals surface area contributed by atoms with E-state index in [1.165, 1.54) is 17.8 Å². The molecule has 0 saturated carbocycles. The fraction of sp³-hybridized carbons (Fsp3) is 0.667. The zero-order chi connectivity index (χ0) is 23.4. The molecule has 178 valence electrons. The number of aliphatic hydroxyl groups is 4. The second-order valence-corrected chi connectivity index (χ2v) is 8.04. The van der Waals surface area contributed by atoms with Crippen molar-refractivity contribution in [2.45, 2.75) is 61.5 Å². The number of carbonyl (C=O) groups is 1. The van der Waals surface area contributed by atoms with Crippen LogP contribution in [0.5, 0.6) is 0 Å². The zero-order valence-corrected chi connectivity index (χ0v) is 18.4. The minimum atomic E-state index is -1.27. The summed E-state index contributed by atoms with van der Waals surface area (Å²) < 4.78 is 7.02. The first kappa shape index (κ1) is 24.6. The van der Waals surface area contributed by atoms with Crippen molar-refractivity contribution in [3.8, 4) is 0 Å². The first-order chi connectivity index (χ1) is 15.2. The highest BCUT2D eigenvalue weighted by atomic mass is 32.1. The van der Waals surface area contributed by atoms with Crippen LogP contribution in [-0.2, 0) is 9.53 Å². The lowest BCUT2D eigenvalue weighted by molar-refractivity contribution is -0.124. The number of amides is 1. The van der Waals surface area contributed by atoms with Gasteiger partial charge in [0.15, 0.2) is 11.9 Å². The Labute approximate surface area is 189 Å². The van der Waals surface area contributed by atoms with Crippen LogP contribution in [0.2, 0.25) is 0 Å². The van der Waals surface area contributed by atoms with Gasteiger partial charge in [-0.2, -0.15) is 4.98 Å². The molecule has 1 amide bonds. The maximum atomic E-state index is 11.7. The van der Waals surface area contributed by atoms with Gasteiger partial charge in [0.2, 0.25) is 11.9 Å². The van der Waals surface area contributed by atoms with Gasteiger partial charge in [-0.15, -0.1) is 12.6 Å². The molecule has 0 aromatic carbocycles. The molecule has 1 saturated heterocycles. The van der Waals surface area contributed by atoms with Crippen LogP contribution in [0.25, 0.3) is 11.2 Å². The molecule has 0 bridgehead atoms. The van der Waals surface area contributed by atoms with Crippen LogP contribution in [0.4, 0.5) is 5.95 Å². The van der Waals surface area contributed by atoms with Gasteiger partial charge in [0, 0.05) is 13.1 Å². The first-order valence-electron chi connectivity index (χ1n) is 10.3. The number of nitrogens with one attached hydrogen (secondary N) is 2. The molecule has 0 radical (unpaired) electrons. The number of anilines is 1. The van der Waals surface area contributed by atoms with E-state index in [0.29, 0.717) is 42.1 Å². The van der Waals surface area contributed by atoms with Crippen molar-refractivity contribution in [1.82, 2.24) is 24.8 Å². The van der Waals surface area contributed by atoms with Crippen molar-refractivity contribution in [2.24, 2.45) is 5.73 Å². The largest absolute Gasteiger partial charge is 0.394 e. The van der Waals surface area contributed by atoms with E-state index in [1.54, 1.807) is 0 Å². The molecule has 1 fully saturated rings. The Morgan fingerprint density at radius 3 is 2.69 bits per heavy atom. The van der Waals surface area contributed by atoms with E-state index >= 15 is 0 Å². The Kier molecular flexibility index (Phi) is 8.21. The average Bonchev–Trinajstić information content (AvgIpc) is 3.31. The van der Waals surface area contributed by atoms with E-state index in [9.17, 15) is 25.2 Å². The number of rotatable bonds is 10. The number of unbranched alkanes of at least 4 members (excludes halogenated alkanes) is 1. The molecule has 1 aliphatic rings. The van der Waals surface area contributed by atoms with Crippen molar-refractivity contribution >= 4 is 35.6 Å². The molecule has 3 unspecified atom stereocenters. The SMILES string of the molecule is CC(O)C(N)C(=O)NCCCCNc1nc(S)c2ncn([C@@H]3O[C@H](CO)C(O)[C@@H]3O)c2n1. The molecule has 0 spiro atoms. The van der Waals surface area contributed by atoms with Crippen molar-refractivity contribution in [1.29, 1.82) is 0 Å². The summed E-state index contributed by atoms with van der Waals surface area (Å²) in [5.74, 6) is -0.115. The molecule has 6 atom stereocenters. The molecule has 2 aromatic rings. The van der Waals surface area contributed by atoms with Gasteiger partial charge in [-0.25, -0.2) is 9.97 Å². The summed E-state index contributed by atoms with van der Waals surface area (Å²) in [4.78, 5) is 24.6. The number of thiol groups is 1. The van der Waals surface area contributed by atoms with Crippen molar-refractivity contribution in [2.75, 3.05) is 25.0 Å². The molecule has 0 aliphatic carbocycles. The maximum Gasteiger partial charge on any atom is 0.239 e. The van der Waals surface area contributed by atoms with Gasteiger partial charge in [0.25, 0.3) is 0 Å². The number of nitrogens with zero attached hydrogens (tertiary/aromatic N) is 4. The monoisotopic (exact) mass is 471 g/mol. The number of hydrogen-bond donors (Lipinski definition) is 8. The second-order valence-electron chi connectivity index (χ2n) is 7.62. The van der Waals surface area contributed by atoms with Crippen LogP contribution in [0.15, 0.2) is 11.4 Å². The number of nitrogens with two attached hydrogens (primary N) is 1. The zero-order valence-electron chi connectivity index (χ0n) is 17.5. The second kappa shape index (κ2) is 10.7. The van der Waals surface area contributed by atoms with Crippen molar-refractivity contribution in [3.05, 3.63) is 6.33 Å². The lowest BCUT2D eigenvalue weighted by Gasteiger charge is -2.17. The number of imidazole rings is 1. The van der Waals surface area contributed by atoms with Gasteiger partial charge >= 0.3 is 0 Å². The van der Waals surface area contributed by atoms with E-state index < -0.39 is 49.2 Å². The molecule has 3 heterocycles. The van der Waals surface area contributed by atoms with Crippen LogP contribution in [0.1, 0.15) is 26.0 Å². The van der Waals surface area contributed by atoms with Crippen LogP contribution < -0.4 is 16.4 Å². The van der Waals surface area contributed by atoms with Gasteiger partial charge in [-0.05, 0) is 19.8 Å². The molecule has 1 aliphatic heterocycles. The molecule has 8 N–H and O–H groups in total. The molecule has 32 heavy (non-hydrogen) atoms. The Balaban J connectivity index is 1.58. The van der Waals surface area contributed by atoms with Crippen LogP contribution >= 0.6 is 12.6 Å². The predicted octanol–water partition coefficient (Wildman–Crippen LogP) is -2.26. The third-order valence-electron chi connectivity index (χ3n) is 5.20. The number of fused-ring (bicyclic) bond motifs is 1. The Morgan fingerprint density at radius 1 is 1.31 bits per heavy atom. The summed E-state index contributed by atoms with van der Waals surface area (Å²) in [5.41, 5.74) is 6.31. The number of carbonyl (C=O) groups excluding carboxylic acids is 1.